The molecular weight excluding hydrogens is 310 g/mol. The normalized spacial score (nSPS) is 16.8. The van der Waals surface area contributed by atoms with Crippen LogP contribution >= 0.6 is 11.8 Å². The molecule has 0 aliphatic carbocycles. The van der Waals surface area contributed by atoms with Crippen molar-refractivity contribution in [2.24, 2.45) is 0 Å². The second-order valence-electron chi connectivity index (χ2n) is 5.83. The fraction of sp³-hybridized carbons (Fsp3) is 0.562. The van der Waals surface area contributed by atoms with Crippen molar-refractivity contribution in [1.29, 1.82) is 0 Å². The Bertz CT molecular complexity index is 640. The Labute approximate surface area is 140 Å². The number of hydrogen-bond acceptors (Lipinski definition) is 6. The molecule has 0 bridgehead atoms. The van der Waals surface area contributed by atoms with Gasteiger partial charge in [0.15, 0.2) is 5.16 Å². The molecule has 0 aromatic carbocycles. The minimum absolute atomic E-state index is 0.514. The van der Waals surface area contributed by atoms with Gasteiger partial charge in [0, 0.05) is 44.1 Å². The maximum atomic E-state index is 9.71. The molecule has 3 rings (SSSR count). The SMILES string of the molecule is CCSc1ncc(CN2CCCn3nc([C@H](C)O)cc3C2)cn1. The van der Waals surface area contributed by atoms with E-state index in [1.54, 1.807) is 18.7 Å². The van der Waals surface area contributed by atoms with E-state index in [9.17, 15) is 5.11 Å². The minimum Gasteiger partial charge on any atom is -0.387 e. The fourth-order valence-electron chi connectivity index (χ4n) is 2.78. The first-order valence-corrected chi connectivity index (χ1v) is 9.05. The average Bonchev–Trinajstić information content (AvgIpc) is 2.84. The Kier molecular flexibility index (Phi) is 5.30. The van der Waals surface area contributed by atoms with E-state index in [1.165, 1.54) is 0 Å². The monoisotopic (exact) mass is 333 g/mol. The lowest BCUT2D eigenvalue weighted by atomic mass is 10.2. The predicted octanol–water partition coefficient (Wildman–Crippen LogP) is 2.24. The van der Waals surface area contributed by atoms with E-state index in [0.29, 0.717) is 0 Å². The molecule has 1 N–H and O–H groups in total. The van der Waals surface area contributed by atoms with Crippen LogP contribution in [0.2, 0.25) is 0 Å². The van der Waals surface area contributed by atoms with Gasteiger partial charge in [-0.15, -0.1) is 0 Å². The van der Waals surface area contributed by atoms with E-state index in [1.807, 2.05) is 23.1 Å². The van der Waals surface area contributed by atoms with E-state index in [2.05, 4.69) is 26.9 Å². The molecule has 124 valence electrons. The number of fused-ring (bicyclic) bond motifs is 1. The lowest BCUT2D eigenvalue weighted by molar-refractivity contribution is 0.193. The van der Waals surface area contributed by atoms with Crippen LogP contribution in [0.1, 0.15) is 43.3 Å². The zero-order chi connectivity index (χ0) is 16.2. The van der Waals surface area contributed by atoms with Crippen molar-refractivity contribution in [2.75, 3.05) is 12.3 Å². The van der Waals surface area contributed by atoms with Gasteiger partial charge in [-0.05, 0) is 25.2 Å². The standard InChI is InChI=1S/C16H23N5OS/c1-3-23-16-17-8-13(9-18-16)10-20-5-4-6-21-14(11-20)7-15(19-21)12(2)22/h7-9,12,22H,3-6,10-11H2,1-2H3/t12-/m0/s1. The van der Waals surface area contributed by atoms with Crippen LogP contribution in [0.25, 0.3) is 0 Å². The van der Waals surface area contributed by atoms with Crippen LogP contribution in [0, 0.1) is 0 Å². The Hall–Kier alpha value is -1.44. The first-order chi connectivity index (χ1) is 11.2. The number of rotatable bonds is 5. The molecule has 0 unspecified atom stereocenters. The summed E-state index contributed by atoms with van der Waals surface area (Å²) >= 11 is 1.66. The van der Waals surface area contributed by atoms with Crippen LogP contribution in [-0.4, -0.2) is 42.1 Å². The molecule has 0 radical (unpaired) electrons. The van der Waals surface area contributed by atoms with Crippen molar-refractivity contribution < 1.29 is 5.11 Å². The number of aromatic nitrogens is 4. The van der Waals surface area contributed by atoms with E-state index >= 15 is 0 Å². The molecule has 1 atom stereocenters. The first kappa shape index (κ1) is 16.4. The predicted molar refractivity (Wildman–Crippen MR) is 90.0 cm³/mol. The topological polar surface area (TPSA) is 67.1 Å². The van der Waals surface area contributed by atoms with Gasteiger partial charge in [0.2, 0.25) is 0 Å². The number of aliphatic hydroxyl groups is 1. The Balaban J connectivity index is 1.68. The highest BCUT2D eigenvalue weighted by Crippen LogP contribution is 2.19. The molecule has 3 heterocycles. The van der Waals surface area contributed by atoms with Crippen LogP contribution in [0.3, 0.4) is 0 Å². The third-order valence-corrected chi connectivity index (χ3v) is 4.66. The van der Waals surface area contributed by atoms with Crippen molar-refractivity contribution in [3.05, 3.63) is 35.4 Å². The third-order valence-electron chi connectivity index (χ3n) is 3.90. The van der Waals surface area contributed by atoms with E-state index in [-0.39, 0.29) is 0 Å². The molecule has 23 heavy (non-hydrogen) atoms. The highest BCUT2D eigenvalue weighted by molar-refractivity contribution is 7.99. The summed E-state index contributed by atoms with van der Waals surface area (Å²) in [4.78, 5) is 11.2. The third kappa shape index (κ3) is 4.10. The second-order valence-corrected chi connectivity index (χ2v) is 7.06. The van der Waals surface area contributed by atoms with Crippen LogP contribution in [-0.2, 0) is 19.6 Å². The van der Waals surface area contributed by atoms with E-state index in [0.717, 1.165) is 60.5 Å². The summed E-state index contributed by atoms with van der Waals surface area (Å²) in [5, 5.41) is 15.0. The smallest absolute Gasteiger partial charge is 0.187 e. The number of hydrogen-bond donors (Lipinski definition) is 1. The summed E-state index contributed by atoms with van der Waals surface area (Å²) in [6, 6.07) is 2.01. The van der Waals surface area contributed by atoms with E-state index < -0.39 is 6.10 Å². The van der Waals surface area contributed by atoms with Gasteiger partial charge in [-0.25, -0.2) is 9.97 Å². The average molecular weight is 333 g/mol. The Morgan fingerprint density at radius 3 is 2.78 bits per heavy atom. The summed E-state index contributed by atoms with van der Waals surface area (Å²) in [6.07, 6.45) is 4.39. The number of thioether (sulfide) groups is 1. The lowest BCUT2D eigenvalue weighted by Crippen LogP contribution is -2.23. The number of aliphatic hydroxyl groups excluding tert-OH is 1. The van der Waals surface area contributed by atoms with Crippen LogP contribution in [0.5, 0.6) is 0 Å². The molecule has 0 fully saturated rings. The number of aryl methyl sites for hydroxylation is 1. The van der Waals surface area contributed by atoms with Crippen LogP contribution < -0.4 is 0 Å². The molecule has 6 nitrogen and oxygen atoms in total. The molecule has 1 aliphatic rings. The van der Waals surface area contributed by atoms with Crippen molar-refractivity contribution in [3.63, 3.8) is 0 Å². The molecule has 0 saturated carbocycles. The molecule has 7 heteroatoms. The van der Waals surface area contributed by atoms with Gasteiger partial charge in [0.05, 0.1) is 17.5 Å². The summed E-state index contributed by atoms with van der Waals surface area (Å²) in [5.41, 5.74) is 3.05. The molecular formula is C16H23N5OS. The molecule has 0 spiro atoms. The molecule has 0 amide bonds. The quantitative estimate of drug-likeness (QED) is 0.669. The zero-order valence-corrected chi connectivity index (χ0v) is 14.5. The second kappa shape index (κ2) is 7.42. The van der Waals surface area contributed by atoms with Gasteiger partial charge >= 0.3 is 0 Å². The summed E-state index contributed by atoms with van der Waals surface area (Å²) in [7, 11) is 0. The van der Waals surface area contributed by atoms with Crippen molar-refractivity contribution in [2.45, 2.75) is 51.2 Å². The highest BCUT2D eigenvalue weighted by Gasteiger charge is 2.18. The fourth-order valence-corrected chi connectivity index (χ4v) is 3.29. The van der Waals surface area contributed by atoms with Gasteiger partial charge < -0.3 is 5.11 Å². The number of nitrogens with zero attached hydrogens (tertiary/aromatic N) is 5. The molecule has 1 aliphatic heterocycles. The van der Waals surface area contributed by atoms with Gasteiger partial charge in [0.25, 0.3) is 0 Å². The molecule has 2 aromatic heterocycles. The van der Waals surface area contributed by atoms with Gasteiger partial charge in [-0.1, -0.05) is 18.7 Å². The van der Waals surface area contributed by atoms with Crippen molar-refractivity contribution in [3.8, 4) is 0 Å². The van der Waals surface area contributed by atoms with Crippen molar-refractivity contribution >= 4 is 11.8 Å². The van der Waals surface area contributed by atoms with Gasteiger partial charge in [-0.2, -0.15) is 5.10 Å². The summed E-state index contributed by atoms with van der Waals surface area (Å²) < 4.78 is 2.03. The van der Waals surface area contributed by atoms with Crippen molar-refractivity contribution in [1.82, 2.24) is 24.6 Å². The maximum absolute atomic E-state index is 9.71. The van der Waals surface area contributed by atoms with Crippen LogP contribution in [0.4, 0.5) is 0 Å². The minimum atomic E-state index is -0.514. The lowest BCUT2D eigenvalue weighted by Gasteiger charge is -2.19. The van der Waals surface area contributed by atoms with E-state index in [4.69, 9.17) is 0 Å². The summed E-state index contributed by atoms with van der Waals surface area (Å²) in [5.74, 6) is 0.987. The Morgan fingerprint density at radius 2 is 2.09 bits per heavy atom. The largest absolute Gasteiger partial charge is 0.387 e. The molecule has 2 aromatic rings. The molecule has 0 saturated heterocycles. The maximum Gasteiger partial charge on any atom is 0.187 e. The highest BCUT2D eigenvalue weighted by atomic mass is 32.2. The zero-order valence-electron chi connectivity index (χ0n) is 13.6. The first-order valence-electron chi connectivity index (χ1n) is 8.06. The Morgan fingerprint density at radius 1 is 1.30 bits per heavy atom. The summed E-state index contributed by atoms with van der Waals surface area (Å²) in [6.45, 7) is 7.47. The van der Waals surface area contributed by atoms with Gasteiger partial charge in [0.1, 0.15) is 0 Å². The van der Waals surface area contributed by atoms with Gasteiger partial charge in [-0.3, -0.25) is 9.58 Å². The van der Waals surface area contributed by atoms with Crippen LogP contribution in [0.15, 0.2) is 23.6 Å².